The smallest absolute Gasteiger partial charge is 0.130 e. The number of nitrogens with zero attached hydrogens (tertiary/aromatic N) is 2. The molecule has 3 rings (SSSR count). The van der Waals surface area contributed by atoms with Gasteiger partial charge in [-0.25, -0.2) is 9.97 Å². The SMILES string of the molecule is Cc1nc(NCc2ccccc2)cc(-c2ccccc2)n1. The molecule has 0 radical (unpaired) electrons. The van der Waals surface area contributed by atoms with E-state index in [0.29, 0.717) is 0 Å². The predicted molar refractivity (Wildman–Crippen MR) is 86.0 cm³/mol. The van der Waals surface area contributed by atoms with Crippen molar-refractivity contribution in [2.45, 2.75) is 13.5 Å². The Morgan fingerprint density at radius 1 is 0.857 bits per heavy atom. The van der Waals surface area contributed by atoms with Gasteiger partial charge in [-0.2, -0.15) is 0 Å². The summed E-state index contributed by atoms with van der Waals surface area (Å²) in [4.78, 5) is 8.96. The second-order valence-corrected chi connectivity index (χ2v) is 4.89. The van der Waals surface area contributed by atoms with Crippen LogP contribution in [0, 0.1) is 6.92 Å². The van der Waals surface area contributed by atoms with Gasteiger partial charge in [-0.15, -0.1) is 0 Å². The molecule has 21 heavy (non-hydrogen) atoms. The summed E-state index contributed by atoms with van der Waals surface area (Å²) < 4.78 is 0. The Bertz CT molecular complexity index is 709. The topological polar surface area (TPSA) is 37.8 Å². The van der Waals surface area contributed by atoms with Gasteiger partial charge in [0.1, 0.15) is 11.6 Å². The van der Waals surface area contributed by atoms with E-state index in [1.54, 1.807) is 0 Å². The van der Waals surface area contributed by atoms with Crippen LogP contribution in [-0.4, -0.2) is 9.97 Å². The molecule has 1 N–H and O–H groups in total. The molecule has 3 nitrogen and oxygen atoms in total. The second kappa shape index (κ2) is 6.18. The van der Waals surface area contributed by atoms with Crippen LogP contribution in [0.5, 0.6) is 0 Å². The summed E-state index contributed by atoms with van der Waals surface area (Å²) in [6.07, 6.45) is 0. The first kappa shape index (κ1) is 13.3. The lowest BCUT2D eigenvalue weighted by Gasteiger charge is -2.09. The van der Waals surface area contributed by atoms with Crippen molar-refractivity contribution in [2.24, 2.45) is 0 Å². The summed E-state index contributed by atoms with van der Waals surface area (Å²) in [5, 5.41) is 3.36. The minimum absolute atomic E-state index is 0.755. The van der Waals surface area contributed by atoms with Crippen LogP contribution in [0.25, 0.3) is 11.3 Å². The van der Waals surface area contributed by atoms with E-state index in [1.807, 2.05) is 49.4 Å². The fraction of sp³-hybridized carbons (Fsp3) is 0.111. The Hall–Kier alpha value is -2.68. The molecule has 1 aromatic heterocycles. The first-order chi connectivity index (χ1) is 10.3. The predicted octanol–water partition coefficient (Wildman–Crippen LogP) is 4.06. The Kier molecular flexibility index (Phi) is 3.92. The van der Waals surface area contributed by atoms with Gasteiger partial charge in [0.05, 0.1) is 5.69 Å². The minimum atomic E-state index is 0.755. The fourth-order valence-electron chi connectivity index (χ4n) is 2.20. The molecule has 1 heterocycles. The molecule has 104 valence electrons. The van der Waals surface area contributed by atoms with Crippen molar-refractivity contribution < 1.29 is 0 Å². The van der Waals surface area contributed by atoms with E-state index >= 15 is 0 Å². The van der Waals surface area contributed by atoms with E-state index in [0.717, 1.165) is 29.4 Å². The maximum Gasteiger partial charge on any atom is 0.130 e. The quantitative estimate of drug-likeness (QED) is 0.780. The number of hydrogen-bond acceptors (Lipinski definition) is 3. The highest BCUT2D eigenvalue weighted by Crippen LogP contribution is 2.19. The molecule has 0 bridgehead atoms. The number of rotatable bonds is 4. The number of aryl methyl sites for hydroxylation is 1. The normalized spacial score (nSPS) is 10.3. The zero-order valence-corrected chi connectivity index (χ0v) is 12.0. The second-order valence-electron chi connectivity index (χ2n) is 4.89. The lowest BCUT2D eigenvalue weighted by atomic mass is 10.1. The molecule has 3 heteroatoms. The zero-order valence-electron chi connectivity index (χ0n) is 12.0. The van der Waals surface area contributed by atoms with Gasteiger partial charge in [0.25, 0.3) is 0 Å². The maximum absolute atomic E-state index is 4.51. The molecule has 0 aliphatic carbocycles. The van der Waals surface area contributed by atoms with Crippen LogP contribution in [0.2, 0.25) is 0 Å². The lowest BCUT2D eigenvalue weighted by molar-refractivity contribution is 1.03. The lowest BCUT2D eigenvalue weighted by Crippen LogP contribution is -2.03. The number of hydrogen-bond donors (Lipinski definition) is 1. The van der Waals surface area contributed by atoms with E-state index in [-0.39, 0.29) is 0 Å². The highest BCUT2D eigenvalue weighted by atomic mass is 15.0. The summed E-state index contributed by atoms with van der Waals surface area (Å²) in [6.45, 7) is 2.67. The van der Waals surface area contributed by atoms with Crippen molar-refractivity contribution in [1.82, 2.24) is 9.97 Å². The first-order valence-corrected chi connectivity index (χ1v) is 7.00. The van der Waals surface area contributed by atoms with Gasteiger partial charge < -0.3 is 5.32 Å². The third-order valence-corrected chi connectivity index (χ3v) is 3.22. The molecule has 0 spiro atoms. The van der Waals surface area contributed by atoms with Gasteiger partial charge in [0.15, 0.2) is 0 Å². The van der Waals surface area contributed by atoms with Crippen LogP contribution in [0.15, 0.2) is 66.7 Å². The molecule has 3 aromatic rings. The number of aromatic nitrogens is 2. The summed E-state index contributed by atoms with van der Waals surface area (Å²) in [6, 6.07) is 22.4. The Morgan fingerprint density at radius 3 is 2.24 bits per heavy atom. The van der Waals surface area contributed by atoms with E-state index < -0.39 is 0 Å². The highest BCUT2D eigenvalue weighted by molar-refractivity contribution is 5.62. The summed E-state index contributed by atoms with van der Waals surface area (Å²) in [5.74, 6) is 1.62. The Labute approximate surface area is 124 Å². The zero-order chi connectivity index (χ0) is 14.5. The van der Waals surface area contributed by atoms with Crippen molar-refractivity contribution in [1.29, 1.82) is 0 Å². The molecule has 0 atom stereocenters. The van der Waals surface area contributed by atoms with E-state index in [9.17, 15) is 0 Å². The molecular weight excluding hydrogens is 258 g/mol. The molecule has 2 aromatic carbocycles. The van der Waals surface area contributed by atoms with Crippen molar-refractivity contribution in [3.05, 3.63) is 78.1 Å². The van der Waals surface area contributed by atoms with Crippen molar-refractivity contribution in [3.63, 3.8) is 0 Å². The van der Waals surface area contributed by atoms with Gasteiger partial charge in [0, 0.05) is 18.2 Å². The molecule has 0 saturated carbocycles. The average Bonchev–Trinajstić information content (AvgIpc) is 2.54. The largest absolute Gasteiger partial charge is 0.366 e. The van der Waals surface area contributed by atoms with Gasteiger partial charge >= 0.3 is 0 Å². The van der Waals surface area contributed by atoms with Crippen LogP contribution in [0.1, 0.15) is 11.4 Å². The molecule has 0 unspecified atom stereocenters. The third-order valence-electron chi connectivity index (χ3n) is 3.22. The Morgan fingerprint density at radius 2 is 1.52 bits per heavy atom. The van der Waals surface area contributed by atoms with Crippen LogP contribution in [0.3, 0.4) is 0 Å². The van der Waals surface area contributed by atoms with E-state index in [1.165, 1.54) is 5.56 Å². The molecule has 0 fully saturated rings. The van der Waals surface area contributed by atoms with Crippen LogP contribution >= 0.6 is 0 Å². The number of benzene rings is 2. The van der Waals surface area contributed by atoms with E-state index in [2.05, 4.69) is 39.6 Å². The molecule has 0 aliphatic rings. The molecule has 0 aliphatic heterocycles. The van der Waals surface area contributed by atoms with Crippen molar-refractivity contribution in [2.75, 3.05) is 5.32 Å². The first-order valence-electron chi connectivity index (χ1n) is 7.00. The maximum atomic E-state index is 4.51. The van der Waals surface area contributed by atoms with Gasteiger partial charge in [-0.05, 0) is 12.5 Å². The summed E-state index contributed by atoms with van der Waals surface area (Å²) in [7, 11) is 0. The Balaban J connectivity index is 1.82. The van der Waals surface area contributed by atoms with Crippen LogP contribution in [0.4, 0.5) is 5.82 Å². The standard InChI is InChI=1S/C18H17N3/c1-14-20-17(16-10-6-3-7-11-16)12-18(21-14)19-13-15-8-4-2-5-9-15/h2-12H,13H2,1H3,(H,19,20,21). The van der Waals surface area contributed by atoms with Crippen LogP contribution < -0.4 is 5.32 Å². The van der Waals surface area contributed by atoms with Crippen molar-refractivity contribution >= 4 is 5.82 Å². The monoisotopic (exact) mass is 275 g/mol. The van der Waals surface area contributed by atoms with Gasteiger partial charge in [-0.1, -0.05) is 60.7 Å². The number of anilines is 1. The molecule has 0 saturated heterocycles. The van der Waals surface area contributed by atoms with Crippen LogP contribution in [-0.2, 0) is 6.54 Å². The minimum Gasteiger partial charge on any atom is -0.366 e. The third kappa shape index (κ3) is 3.45. The van der Waals surface area contributed by atoms with Gasteiger partial charge in [-0.3, -0.25) is 0 Å². The molecule has 0 amide bonds. The highest BCUT2D eigenvalue weighted by Gasteiger charge is 2.04. The fourth-order valence-corrected chi connectivity index (χ4v) is 2.20. The average molecular weight is 275 g/mol. The van der Waals surface area contributed by atoms with Crippen molar-refractivity contribution in [3.8, 4) is 11.3 Å². The molecular formula is C18H17N3. The summed E-state index contributed by atoms with van der Waals surface area (Å²) in [5.41, 5.74) is 3.28. The number of nitrogens with one attached hydrogen (secondary N) is 1. The van der Waals surface area contributed by atoms with E-state index in [4.69, 9.17) is 0 Å². The van der Waals surface area contributed by atoms with Gasteiger partial charge in [0.2, 0.25) is 0 Å². The summed E-state index contributed by atoms with van der Waals surface area (Å²) >= 11 is 0.